The summed E-state index contributed by atoms with van der Waals surface area (Å²) in [5.41, 5.74) is 0. The highest BCUT2D eigenvalue weighted by Crippen LogP contribution is 2.29. The highest BCUT2D eigenvalue weighted by Gasteiger charge is 2.27. The van der Waals surface area contributed by atoms with Crippen molar-refractivity contribution < 1.29 is 5.11 Å². The van der Waals surface area contributed by atoms with E-state index in [2.05, 4.69) is 11.8 Å². The second-order valence-electron chi connectivity index (χ2n) is 4.82. The van der Waals surface area contributed by atoms with E-state index in [1.165, 1.54) is 25.8 Å². The number of hydrogen-bond donors (Lipinski definition) is 1. The summed E-state index contributed by atoms with van der Waals surface area (Å²) in [7, 11) is 0. The van der Waals surface area contributed by atoms with Gasteiger partial charge in [-0.3, -0.25) is 0 Å². The predicted molar refractivity (Wildman–Crippen MR) is 53.6 cm³/mol. The molecule has 0 radical (unpaired) electrons. The Labute approximate surface area is 80.9 Å². The Kier molecular flexibility index (Phi) is 2.89. The molecular weight excluding hydrogens is 162 g/mol. The minimum Gasteiger partial charge on any atom is -0.393 e. The molecule has 2 atom stereocenters. The summed E-state index contributed by atoms with van der Waals surface area (Å²) in [6, 6.07) is 0.601. The molecule has 0 bridgehead atoms. The lowest BCUT2D eigenvalue weighted by Crippen LogP contribution is -2.45. The molecule has 2 heteroatoms. The van der Waals surface area contributed by atoms with Crippen LogP contribution in [0.1, 0.15) is 39.0 Å². The van der Waals surface area contributed by atoms with E-state index < -0.39 is 0 Å². The molecule has 0 aromatic carbocycles. The van der Waals surface area contributed by atoms with E-state index in [1.54, 1.807) is 0 Å². The van der Waals surface area contributed by atoms with E-state index in [-0.39, 0.29) is 6.10 Å². The second kappa shape index (κ2) is 3.97. The fraction of sp³-hybridized carbons (Fsp3) is 1.00. The predicted octanol–water partition coefficient (Wildman–Crippen LogP) is 1.63. The van der Waals surface area contributed by atoms with Crippen LogP contribution >= 0.6 is 0 Å². The van der Waals surface area contributed by atoms with E-state index in [4.69, 9.17) is 0 Å². The molecule has 1 N–H and O–H groups in total. The molecule has 0 unspecified atom stereocenters. The third-order valence-electron chi connectivity index (χ3n) is 3.70. The molecular formula is C11H21NO. The van der Waals surface area contributed by atoms with Crippen molar-refractivity contribution in [3.05, 3.63) is 0 Å². The smallest absolute Gasteiger partial charge is 0.0567 e. The van der Waals surface area contributed by atoms with Crippen LogP contribution in [0.4, 0.5) is 0 Å². The minimum atomic E-state index is -0.0346. The van der Waals surface area contributed by atoms with Crippen LogP contribution in [0.25, 0.3) is 0 Å². The Hall–Kier alpha value is -0.0800. The van der Waals surface area contributed by atoms with Crippen molar-refractivity contribution in [1.82, 2.24) is 4.90 Å². The first-order chi connectivity index (χ1) is 6.25. The van der Waals surface area contributed by atoms with Gasteiger partial charge < -0.3 is 10.0 Å². The molecule has 1 saturated carbocycles. The van der Waals surface area contributed by atoms with Gasteiger partial charge in [0.25, 0.3) is 0 Å². The van der Waals surface area contributed by atoms with Crippen molar-refractivity contribution in [3.8, 4) is 0 Å². The second-order valence-corrected chi connectivity index (χ2v) is 4.82. The van der Waals surface area contributed by atoms with Crippen molar-refractivity contribution in [2.24, 2.45) is 5.92 Å². The van der Waals surface area contributed by atoms with Crippen molar-refractivity contribution in [2.45, 2.75) is 51.2 Å². The molecule has 1 heterocycles. The van der Waals surface area contributed by atoms with Gasteiger partial charge in [0.05, 0.1) is 6.10 Å². The Morgan fingerprint density at radius 1 is 1.31 bits per heavy atom. The van der Waals surface area contributed by atoms with Crippen LogP contribution in [0.3, 0.4) is 0 Å². The van der Waals surface area contributed by atoms with Gasteiger partial charge in [0, 0.05) is 19.1 Å². The van der Waals surface area contributed by atoms with Gasteiger partial charge in [0.1, 0.15) is 0 Å². The molecule has 2 nitrogen and oxygen atoms in total. The maximum atomic E-state index is 9.48. The Morgan fingerprint density at radius 3 is 2.62 bits per heavy atom. The van der Waals surface area contributed by atoms with Gasteiger partial charge in [-0.1, -0.05) is 6.42 Å². The minimum absolute atomic E-state index is 0.0346. The maximum Gasteiger partial charge on any atom is 0.0567 e. The van der Waals surface area contributed by atoms with Crippen molar-refractivity contribution in [3.63, 3.8) is 0 Å². The maximum absolute atomic E-state index is 9.48. The fourth-order valence-corrected chi connectivity index (χ4v) is 2.47. The molecule has 1 aliphatic heterocycles. The van der Waals surface area contributed by atoms with Crippen LogP contribution in [0, 0.1) is 5.92 Å². The third kappa shape index (κ3) is 2.23. The first-order valence-corrected chi connectivity index (χ1v) is 5.68. The average Bonchev–Trinajstić information content (AvgIpc) is 1.99. The zero-order chi connectivity index (χ0) is 9.26. The lowest BCUT2D eigenvalue weighted by molar-refractivity contribution is 0.0320. The molecule has 1 saturated heterocycles. The van der Waals surface area contributed by atoms with Crippen molar-refractivity contribution in [2.75, 3.05) is 13.1 Å². The van der Waals surface area contributed by atoms with Crippen LogP contribution < -0.4 is 0 Å². The Balaban J connectivity index is 1.77. The number of aliphatic hydroxyl groups excluding tert-OH is 1. The molecule has 1 aliphatic carbocycles. The number of rotatable bonds is 2. The highest BCUT2D eigenvalue weighted by molar-refractivity contribution is 4.82. The topological polar surface area (TPSA) is 23.5 Å². The van der Waals surface area contributed by atoms with Gasteiger partial charge >= 0.3 is 0 Å². The Bertz CT molecular complexity index is 167. The van der Waals surface area contributed by atoms with E-state index in [0.717, 1.165) is 25.3 Å². The third-order valence-corrected chi connectivity index (χ3v) is 3.70. The molecule has 0 amide bonds. The van der Waals surface area contributed by atoms with E-state index in [0.29, 0.717) is 6.04 Å². The van der Waals surface area contributed by atoms with Gasteiger partial charge in [0.15, 0.2) is 0 Å². The largest absolute Gasteiger partial charge is 0.393 e. The number of hydrogen-bond acceptors (Lipinski definition) is 2. The summed E-state index contributed by atoms with van der Waals surface area (Å²) in [4.78, 5) is 2.57. The molecule has 0 spiro atoms. The normalized spacial score (nSPS) is 37.4. The number of nitrogens with zero attached hydrogens (tertiary/aromatic N) is 1. The fourth-order valence-electron chi connectivity index (χ4n) is 2.47. The van der Waals surface area contributed by atoms with Crippen LogP contribution in [0.15, 0.2) is 0 Å². The first kappa shape index (κ1) is 9.47. The van der Waals surface area contributed by atoms with Crippen LogP contribution in [-0.4, -0.2) is 35.2 Å². The summed E-state index contributed by atoms with van der Waals surface area (Å²) in [5, 5.41) is 9.48. The summed E-state index contributed by atoms with van der Waals surface area (Å²) < 4.78 is 0. The van der Waals surface area contributed by atoms with Gasteiger partial charge in [-0.15, -0.1) is 0 Å². The summed E-state index contributed by atoms with van der Waals surface area (Å²) in [5.74, 6) is 0.970. The molecule has 0 aromatic heterocycles. The van der Waals surface area contributed by atoms with Crippen LogP contribution in [-0.2, 0) is 0 Å². The van der Waals surface area contributed by atoms with Crippen molar-refractivity contribution >= 4 is 0 Å². The summed E-state index contributed by atoms with van der Waals surface area (Å²) in [6.07, 6.45) is 6.24. The number of piperidine rings is 1. The Morgan fingerprint density at radius 2 is 2.08 bits per heavy atom. The summed E-state index contributed by atoms with van der Waals surface area (Å²) >= 11 is 0. The molecule has 76 valence electrons. The molecule has 2 rings (SSSR count). The zero-order valence-corrected chi connectivity index (χ0v) is 8.58. The molecule has 2 aliphatic rings. The van der Waals surface area contributed by atoms with E-state index in [1.807, 2.05) is 0 Å². The molecule has 0 aromatic rings. The SMILES string of the molecule is C[C@H]1C[C@@H](O)CCN1CC1CCC1. The average molecular weight is 183 g/mol. The van der Waals surface area contributed by atoms with Gasteiger partial charge in [0.2, 0.25) is 0 Å². The molecule has 2 fully saturated rings. The number of likely N-dealkylation sites (tertiary alicyclic amines) is 1. The standard InChI is InChI=1S/C11H21NO/c1-9-7-11(13)5-6-12(9)8-10-3-2-4-10/h9-11,13H,2-8H2,1H3/t9-,11-/m0/s1. The molecule has 13 heavy (non-hydrogen) atoms. The lowest BCUT2D eigenvalue weighted by atomic mass is 9.84. The van der Waals surface area contributed by atoms with E-state index in [9.17, 15) is 5.11 Å². The lowest BCUT2D eigenvalue weighted by Gasteiger charge is -2.40. The number of aliphatic hydroxyl groups is 1. The van der Waals surface area contributed by atoms with Gasteiger partial charge in [-0.2, -0.15) is 0 Å². The van der Waals surface area contributed by atoms with Crippen LogP contribution in [0.2, 0.25) is 0 Å². The quantitative estimate of drug-likeness (QED) is 0.703. The van der Waals surface area contributed by atoms with Gasteiger partial charge in [-0.25, -0.2) is 0 Å². The first-order valence-electron chi connectivity index (χ1n) is 5.68. The highest BCUT2D eigenvalue weighted by atomic mass is 16.3. The van der Waals surface area contributed by atoms with E-state index >= 15 is 0 Å². The van der Waals surface area contributed by atoms with Crippen LogP contribution in [0.5, 0.6) is 0 Å². The van der Waals surface area contributed by atoms with Crippen molar-refractivity contribution in [1.29, 1.82) is 0 Å². The van der Waals surface area contributed by atoms with Gasteiger partial charge in [-0.05, 0) is 38.5 Å². The monoisotopic (exact) mass is 183 g/mol. The summed E-state index contributed by atoms with van der Waals surface area (Å²) in [6.45, 7) is 4.65. The zero-order valence-electron chi connectivity index (χ0n) is 8.58.